The summed E-state index contributed by atoms with van der Waals surface area (Å²) in [5, 5.41) is 0. The topological polar surface area (TPSA) is 59.1 Å². The van der Waals surface area contributed by atoms with Crippen molar-refractivity contribution in [2.45, 2.75) is 32.6 Å². The number of methoxy groups -OCH3 is 2. The Bertz CT molecular complexity index is 685. The van der Waals surface area contributed by atoms with Gasteiger partial charge in [0.1, 0.15) is 11.5 Å². The molecule has 6 heteroatoms. The van der Waals surface area contributed by atoms with Crippen LogP contribution in [0, 0.1) is 12.8 Å². The van der Waals surface area contributed by atoms with Crippen molar-refractivity contribution in [1.82, 2.24) is 9.80 Å². The van der Waals surface area contributed by atoms with Crippen molar-refractivity contribution in [3.63, 3.8) is 0 Å². The molecule has 2 aliphatic rings. The zero-order valence-corrected chi connectivity index (χ0v) is 15.9. The first-order valence-electron chi connectivity index (χ1n) is 9.31. The summed E-state index contributed by atoms with van der Waals surface area (Å²) < 4.78 is 10.8. The minimum atomic E-state index is 0.0647. The van der Waals surface area contributed by atoms with Crippen molar-refractivity contribution in [1.29, 1.82) is 0 Å². The Balaban J connectivity index is 1.65. The number of nitrogens with zero attached hydrogens (tertiary/aromatic N) is 2. The number of benzene rings is 1. The van der Waals surface area contributed by atoms with E-state index in [0.717, 1.165) is 42.7 Å². The predicted molar refractivity (Wildman–Crippen MR) is 98.5 cm³/mol. The van der Waals surface area contributed by atoms with E-state index in [1.165, 1.54) is 0 Å². The molecule has 0 spiro atoms. The molecule has 1 saturated carbocycles. The smallest absolute Gasteiger partial charge is 0.227 e. The summed E-state index contributed by atoms with van der Waals surface area (Å²) in [6.07, 6.45) is 3.15. The molecular weight excluding hydrogens is 332 g/mol. The molecule has 1 heterocycles. The maximum Gasteiger partial charge on any atom is 0.227 e. The molecule has 1 saturated heterocycles. The fraction of sp³-hybridized carbons (Fsp3) is 0.600. The lowest BCUT2D eigenvalue weighted by Gasteiger charge is -2.23. The number of carbonyl (C=O) groups excluding carboxylic acids is 2. The van der Waals surface area contributed by atoms with Gasteiger partial charge in [0, 0.05) is 37.7 Å². The van der Waals surface area contributed by atoms with E-state index in [1.54, 1.807) is 14.2 Å². The van der Waals surface area contributed by atoms with Gasteiger partial charge in [0.05, 0.1) is 20.6 Å². The van der Waals surface area contributed by atoms with Crippen molar-refractivity contribution in [2.75, 3.05) is 40.4 Å². The summed E-state index contributed by atoms with van der Waals surface area (Å²) in [6.45, 7) is 4.63. The number of carbonyl (C=O) groups is 2. The van der Waals surface area contributed by atoms with Crippen LogP contribution in [-0.4, -0.2) is 62.0 Å². The highest BCUT2D eigenvalue weighted by Gasteiger charge is 2.34. The molecule has 1 aliphatic heterocycles. The third kappa shape index (κ3) is 4.11. The van der Waals surface area contributed by atoms with Gasteiger partial charge in [-0.05, 0) is 43.9 Å². The number of rotatable bonds is 5. The van der Waals surface area contributed by atoms with Crippen LogP contribution in [-0.2, 0) is 16.0 Å². The Hall–Kier alpha value is -2.24. The summed E-state index contributed by atoms with van der Waals surface area (Å²) in [5.74, 6) is 2.03. The van der Waals surface area contributed by atoms with E-state index in [2.05, 4.69) is 0 Å². The molecular formula is C20H28N2O4. The van der Waals surface area contributed by atoms with Crippen LogP contribution < -0.4 is 9.47 Å². The number of amides is 2. The first-order chi connectivity index (χ1) is 12.5. The van der Waals surface area contributed by atoms with Gasteiger partial charge in [-0.2, -0.15) is 0 Å². The lowest BCUT2D eigenvalue weighted by Crippen LogP contribution is -2.38. The number of aryl methyl sites for hydroxylation is 1. The molecule has 1 aromatic rings. The summed E-state index contributed by atoms with van der Waals surface area (Å²) in [5.41, 5.74) is 1.81. The van der Waals surface area contributed by atoms with Crippen molar-refractivity contribution in [2.24, 2.45) is 5.92 Å². The zero-order valence-electron chi connectivity index (χ0n) is 15.9. The average molecular weight is 360 g/mol. The second kappa shape index (κ2) is 7.98. The highest BCUT2D eigenvalue weighted by atomic mass is 16.5. The lowest BCUT2D eigenvalue weighted by molar-refractivity contribution is -0.134. The van der Waals surface area contributed by atoms with Crippen LogP contribution in [0.2, 0.25) is 0 Å². The monoisotopic (exact) mass is 360 g/mol. The molecule has 6 nitrogen and oxygen atoms in total. The SMILES string of the molecule is COc1cc(CC(=O)N2CCCN(C(=O)C3CC3)CC2)c(OC)cc1C. The number of hydrogen-bond donors (Lipinski definition) is 0. The van der Waals surface area contributed by atoms with Crippen LogP contribution in [0.4, 0.5) is 0 Å². The molecule has 1 aliphatic carbocycles. The average Bonchev–Trinajstić information content (AvgIpc) is 3.48. The quantitative estimate of drug-likeness (QED) is 0.806. The number of hydrogen-bond acceptors (Lipinski definition) is 4. The molecule has 0 aromatic heterocycles. The van der Waals surface area contributed by atoms with Gasteiger partial charge in [-0.15, -0.1) is 0 Å². The van der Waals surface area contributed by atoms with Crippen LogP contribution >= 0.6 is 0 Å². The molecule has 0 N–H and O–H groups in total. The molecule has 0 radical (unpaired) electrons. The molecule has 0 atom stereocenters. The first kappa shape index (κ1) is 18.5. The fourth-order valence-corrected chi connectivity index (χ4v) is 3.50. The Kier molecular flexibility index (Phi) is 5.69. The summed E-state index contributed by atoms with van der Waals surface area (Å²) >= 11 is 0. The summed E-state index contributed by atoms with van der Waals surface area (Å²) in [7, 11) is 3.24. The molecule has 0 bridgehead atoms. The van der Waals surface area contributed by atoms with Crippen LogP contribution in [0.5, 0.6) is 11.5 Å². The minimum Gasteiger partial charge on any atom is -0.496 e. The molecule has 1 aromatic carbocycles. The maximum absolute atomic E-state index is 12.8. The van der Waals surface area contributed by atoms with Gasteiger partial charge in [-0.3, -0.25) is 9.59 Å². The van der Waals surface area contributed by atoms with Crippen molar-refractivity contribution in [3.05, 3.63) is 23.3 Å². The van der Waals surface area contributed by atoms with Crippen molar-refractivity contribution in [3.8, 4) is 11.5 Å². The third-order valence-electron chi connectivity index (χ3n) is 5.23. The van der Waals surface area contributed by atoms with E-state index >= 15 is 0 Å². The molecule has 0 unspecified atom stereocenters. The van der Waals surface area contributed by atoms with E-state index in [4.69, 9.17) is 9.47 Å². The Morgan fingerprint density at radius 3 is 2.31 bits per heavy atom. The standard InChI is InChI=1S/C20H28N2O4/c1-14-11-18(26-3)16(12-17(14)25-2)13-19(23)21-7-4-8-22(10-9-21)20(24)15-5-6-15/h11-12,15H,4-10,13H2,1-3H3. The maximum atomic E-state index is 12.8. The normalized spacial score (nSPS) is 17.7. The lowest BCUT2D eigenvalue weighted by atomic mass is 10.1. The fourth-order valence-electron chi connectivity index (χ4n) is 3.50. The van der Waals surface area contributed by atoms with E-state index in [0.29, 0.717) is 25.4 Å². The molecule has 2 fully saturated rings. The molecule has 2 amide bonds. The van der Waals surface area contributed by atoms with Gasteiger partial charge in [0.25, 0.3) is 0 Å². The van der Waals surface area contributed by atoms with Crippen LogP contribution in [0.25, 0.3) is 0 Å². The van der Waals surface area contributed by atoms with Crippen LogP contribution in [0.1, 0.15) is 30.4 Å². The molecule has 142 valence electrons. The number of ether oxygens (including phenoxy) is 2. The summed E-state index contributed by atoms with van der Waals surface area (Å²) in [6, 6.07) is 3.78. The largest absolute Gasteiger partial charge is 0.496 e. The second-order valence-electron chi connectivity index (χ2n) is 7.14. The van der Waals surface area contributed by atoms with Crippen LogP contribution in [0.3, 0.4) is 0 Å². The minimum absolute atomic E-state index is 0.0647. The van der Waals surface area contributed by atoms with Gasteiger partial charge in [0.15, 0.2) is 0 Å². The van der Waals surface area contributed by atoms with Gasteiger partial charge in [-0.25, -0.2) is 0 Å². The van der Waals surface area contributed by atoms with E-state index in [9.17, 15) is 9.59 Å². The van der Waals surface area contributed by atoms with E-state index in [1.807, 2.05) is 28.9 Å². The van der Waals surface area contributed by atoms with Crippen molar-refractivity contribution < 1.29 is 19.1 Å². The van der Waals surface area contributed by atoms with Crippen molar-refractivity contribution >= 4 is 11.8 Å². The van der Waals surface area contributed by atoms with Gasteiger partial charge in [0.2, 0.25) is 11.8 Å². The second-order valence-corrected chi connectivity index (χ2v) is 7.14. The molecule has 3 rings (SSSR count). The van der Waals surface area contributed by atoms with E-state index in [-0.39, 0.29) is 24.2 Å². The highest BCUT2D eigenvalue weighted by molar-refractivity contribution is 5.82. The molecule has 26 heavy (non-hydrogen) atoms. The Morgan fingerprint density at radius 1 is 1.00 bits per heavy atom. The Labute approximate surface area is 155 Å². The summed E-state index contributed by atoms with van der Waals surface area (Å²) in [4.78, 5) is 28.9. The predicted octanol–water partition coefficient (Wildman–Crippen LogP) is 2.03. The van der Waals surface area contributed by atoms with E-state index < -0.39 is 0 Å². The van der Waals surface area contributed by atoms with Gasteiger partial charge >= 0.3 is 0 Å². The Morgan fingerprint density at radius 2 is 1.65 bits per heavy atom. The first-order valence-corrected chi connectivity index (χ1v) is 9.31. The van der Waals surface area contributed by atoms with Crippen LogP contribution in [0.15, 0.2) is 12.1 Å². The van der Waals surface area contributed by atoms with Gasteiger partial charge in [-0.1, -0.05) is 0 Å². The zero-order chi connectivity index (χ0) is 18.7. The highest BCUT2D eigenvalue weighted by Crippen LogP contribution is 2.31. The third-order valence-corrected chi connectivity index (χ3v) is 5.23. The van der Waals surface area contributed by atoms with Gasteiger partial charge < -0.3 is 19.3 Å².